The molecule has 0 radical (unpaired) electrons. The first-order chi connectivity index (χ1) is 6.16. The molecule has 3 N–H and O–H groups in total. The Morgan fingerprint density at radius 1 is 1.54 bits per heavy atom. The first kappa shape index (κ1) is 7.85. The summed E-state index contributed by atoms with van der Waals surface area (Å²) in [6, 6.07) is 2.49. The number of carbonyl (C=O) groups excluding carboxylic acids is 1. The third kappa shape index (κ3) is 1.28. The summed E-state index contributed by atoms with van der Waals surface area (Å²) in [6.45, 7) is 0.0814. The van der Waals surface area contributed by atoms with E-state index < -0.39 is 11.8 Å². The molecule has 1 aromatic rings. The molecule has 13 heavy (non-hydrogen) atoms. The standard InChI is InChI=1S/C8H7FN2O2/c9-4-1-7-6(2-5(4)10)11-3-8(12)13-7/h1-2,11H,3,10H2. The number of carbonyl (C=O) groups is 1. The van der Waals surface area contributed by atoms with E-state index in [0.717, 1.165) is 6.07 Å². The lowest BCUT2D eigenvalue weighted by molar-refractivity contribution is -0.132. The highest BCUT2D eigenvalue weighted by Crippen LogP contribution is 2.31. The molecule has 0 spiro atoms. The maximum Gasteiger partial charge on any atom is 0.330 e. The van der Waals surface area contributed by atoms with Crippen molar-refractivity contribution < 1.29 is 13.9 Å². The van der Waals surface area contributed by atoms with E-state index in [4.69, 9.17) is 10.5 Å². The van der Waals surface area contributed by atoms with Crippen LogP contribution in [0, 0.1) is 5.82 Å². The van der Waals surface area contributed by atoms with Crippen molar-refractivity contribution in [2.24, 2.45) is 0 Å². The average Bonchev–Trinajstić information content (AvgIpc) is 2.08. The molecule has 1 aromatic carbocycles. The van der Waals surface area contributed by atoms with Gasteiger partial charge in [-0.2, -0.15) is 0 Å². The molecule has 0 aliphatic carbocycles. The highest BCUT2D eigenvalue weighted by molar-refractivity contribution is 5.84. The number of hydrogen-bond donors (Lipinski definition) is 2. The lowest BCUT2D eigenvalue weighted by Crippen LogP contribution is -2.25. The average molecular weight is 182 g/mol. The molecule has 0 atom stereocenters. The number of halogens is 1. The van der Waals surface area contributed by atoms with Crippen LogP contribution in [-0.2, 0) is 4.79 Å². The Kier molecular flexibility index (Phi) is 1.58. The van der Waals surface area contributed by atoms with E-state index >= 15 is 0 Å². The summed E-state index contributed by atoms with van der Waals surface area (Å²) < 4.78 is 17.7. The summed E-state index contributed by atoms with van der Waals surface area (Å²) in [5.74, 6) is -0.838. The van der Waals surface area contributed by atoms with Gasteiger partial charge in [-0.15, -0.1) is 0 Å². The van der Waals surface area contributed by atoms with Gasteiger partial charge in [0.05, 0.1) is 11.4 Å². The van der Waals surface area contributed by atoms with Crippen LogP contribution < -0.4 is 15.8 Å². The summed E-state index contributed by atoms with van der Waals surface area (Å²) in [5.41, 5.74) is 5.90. The Morgan fingerprint density at radius 2 is 2.31 bits per heavy atom. The Labute approximate surface area is 73.5 Å². The molecule has 1 heterocycles. The highest BCUT2D eigenvalue weighted by Gasteiger charge is 2.17. The molecule has 68 valence electrons. The SMILES string of the molecule is Nc1cc2c(cc1F)OC(=O)CN2. The zero-order valence-electron chi connectivity index (χ0n) is 6.63. The van der Waals surface area contributed by atoms with Crippen LogP contribution >= 0.6 is 0 Å². The number of nitrogens with two attached hydrogens (primary N) is 1. The summed E-state index contributed by atoms with van der Waals surface area (Å²) >= 11 is 0. The monoisotopic (exact) mass is 182 g/mol. The third-order valence-corrected chi connectivity index (χ3v) is 1.75. The van der Waals surface area contributed by atoms with Crippen LogP contribution in [0.15, 0.2) is 12.1 Å². The van der Waals surface area contributed by atoms with Gasteiger partial charge >= 0.3 is 5.97 Å². The summed E-state index contributed by atoms with van der Waals surface area (Å²) in [4.78, 5) is 10.8. The second kappa shape index (κ2) is 2.62. The highest BCUT2D eigenvalue weighted by atomic mass is 19.1. The van der Waals surface area contributed by atoms with Crippen molar-refractivity contribution in [1.29, 1.82) is 0 Å². The van der Waals surface area contributed by atoms with Crippen molar-refractivity contribution in [3.05, 3.63) is 17.9 Å². The molecule has 0 aromatic heterocycles. The lowest BCUT2D eigenvalue weighted by Gasteiger charge is -2.17. The number of esters is 1. The van der Waals surface area contributed by atoms with E-state index in [-0.39, 0.29) is 18.0 Å². The Hall–Kier alpha value is -1.78. The molecule has 2 rings (SSSR count). The molecular weight excluding hydrogens is 175 g/mol. The first-order valence-electron chi connectivity index (χ1n) is 3.70. The maximum absolute atomic E-state index is 12.9. The van der Waals surface area contributed by atoms with E-state index in [1.807, 2.05) is 0 Å². The Morgan fingerprint density at radius 3 is 3.08 bits per heavy atom. The number of ether oxygens (including phenoxy) is 1. The van der Waals surface area contributed by atoms with Crippen molar-refractivity contribution in [3.63, 3.8) is 0 Å². The van der Waals surface area contributed by atoms with Gasteiger partial charge in [0.1, 0.15) is 12.4 Å². The lowest BCUT2D eigenvalue weighted by atomic mass is 10.2. The summed E-state index contributed by atoms with van der Waals surface area (Å²) in [7, 11) is 0. The van der Waals surface area contributed by atoms with Crippen LogP contribution in [0.5, 0.6) is 5.75 Å². The van der Waals surface area contributed by atoms with E-state index in [1.165, 1.54) is 6.07 Å². The smallest absolute Gasteiger partial charge is 0.330 e. The van der Waals surface area contributed by atoms with Gasteiger partial charge in [-0.1, -0.05) is 0 Å². The molecule has 1 aliphatic rings. The van der Waals surface area contributed by atoms with Gasteiger partial charge in [-0.25, -0.2) is 9.18 Å². The van der Waals surface area contributed by atoms with Crippen molar-refractivity contribution in [3.8, 4) is 5.75 Å². The predicted octanol–water partition coefficient (Wildman–Crippen LogP) is 0.739. The molecule has 0 amide bonds. The van der Waals surface area contributed by atoms with E-state index in [1.54, 1.807) is 0 Å². The maximum atomic E-state index is 12.9. The zero-order chi connectivity index (χ0) is 9.42. The quantitative estimate of drug-likeness (QED) is 0.353. The molecule has 0 bridgehead atoms. The molecular formula is C8H7FN2O2. The molecule has 5 heteroatoms. The van der Waals surface area contributed by atoms with E-state index in [0.29, 0.717) is 5.69 Å². The van der Waals surface area contributed by atoms with Crippen molar-refractivity contribution >= 4 is 17.3 Å². The number of nitrogens with one attached hydrogen (secondary N) is 1. The number of hydrogen-bond acceptors (Lipinski definition) is 4. The number of fused-ring (bicyclic) bond motifs is 1. The summed E-state index contributed by atoms with van der Waals surface area (Å²) in [6.07, 6.45) is 0. The van der Waals surface area contributed by atoms with Crippen molar-refractivity contribution in [1.82, 2.24) is 0 Å². The van der Waals surface area contributed by atoms with Gasteiger partial charge in [-0.3, -0.25) is 0 Å². The fraction of sp³-hybridized carbons (Fsp3) is 0.125. The molecule has 0 fully saturated rings. The van der Waals surface area contributed by atoms with Crippen molar-refractivity contribution in [2.75, 3.05) is 17.6 Å². The summed E-state index contributed by atoms with van der Waals surface area (Å²) in [5, 5.41) is 2.76. The molecule has 0 saturated heterocycles. The van der Waals surface area contributed by atoms with Gasteiger partial charge in [0.25, 0.3) is 0 Å². The Balaban J connectivity index is 2.49. The normalized spacial score (nSPS) is 14.4. The molecule has 1 aliphatic heterocycles. The third-order valence-electron chi connectivity index (χ3n) is 1.75. The van der Waals surface area contributed by atoms with Gasteiger partial charge in [0.2, 0.25) is 0 Å². The number of nitrogen functional groups attached to an aromatic ring is 1. The minimum Gasteiger partial charge on any atom is -0.423 e. The van der Waals surface area contributed by atoms with Gasteiger partial charge in [-0.05, 0) is 6.07 Å². The topological polar surface area (TPSA) is 64.3 Å². The van der Waals surface area contributed by atoms with Gasteiger partial charge < -0.3 is 15.8 Å². The van der Waals surface area contributed by atoms with Crippen LogP contribution in [-0.4, -0.2) is 12.5 Å². The van der Waals surface area contributed by atoms with Crippen LogP contribution in [0.4, 0.5) is 15.8 Å². The number of rotatable bonds is 0. The molecule has 4 nitrogen and oxygen atoms in total. The van der Waals surface area contributed by atoms with Crippen molar-refractivity contribution in [2.45, 2.75) is 0 Å². The fourth-order valence-electron chi connectivity index (χ4n) is 1.12. The molecule has 0 saturated carbocycles. The van der Waals surface area contributed by atoms with Crippen LogP contribution in [0.1, 0.15) is 0 Å². The van der Waals surface area contributed by atoms with Gasteiger partial charge in [0.15, 0.2) is 5.75 Å². The van der Waals surface area contributed by atoms with E-state index in [9.17, 15) is 9.18 Å². The fourth-order valence-corrected chi connectivity index (χ4v) is 1.12. The minimum absolute atomic E-state index is 0.0317. The second-order valence-corrected chi connectivity index (χ2v) is 2.70. The minimum atomic E-state index is -0.588. The van der Waals surface area contributed by atoms with Crippen LogP contribution in [0.25, 0.3) is 0 Å². The van der Waals surface area contributed by atoms with Crippen LogP contribution in [0.2, 0.25) is 0 Å². The first-order valence-corrected chi connectivity index (χ1v) is 3.70. The molecule has 0 unspecified atom stereocenters. The Bertz CT molecular complexity index is 379. The zero-order valence-corrected chi connectivity index (χ0v) is 6.63. The second-order valence-electron chi connectivity index (χ2n) is 2.70. The number of benzene rings is 1. The van der Waals surface area contributed by atoms with E-state index in [2.05, 4.69) is 5.32 Å². The van der Waals surface area contributed by atoms with Gasteiger partial charge in [0, 0.05) is 6.07 Å². The van der Waals surface area contributed by atoms with Crippen LogP contribution in [0.3, 0.4) is 0 Å². The predicted molar refractivity (Wildman–Crippen MR) is 44.9 cm³/mol. The largest absolute Gasteiger partial charge is 0.423 e. The number of anilines is 2.